The summed E-state index contributed by atoms with van der Waals surface area (Å²) < 4.78 is 21.1. The summed E-state index contributed by atoms with van der Waals surface area (Å²) in [7, 11) is 1.51. The second kappa shape index (κ2) is 9.51. The molecule has 2 aromatic carbocycles. The number of hydrogen-bond donors (Lipinski definition) is 2. The van der Waals surface area contributed by atoms with Crippen LogP contribution in [-0.4, -0.2) is 60.5 Å². The molecule has 4 atom stereocenters. The lowest BCUT2D eigenvalue weighted by atomic mass is 10.0. The van der Waals surface area contributed by atoms with E-state index in [1.807, 2.05) is 0 Å². The molecule has 2 N–H and O–H groups in total. The smallest absolute Gasteiger partial charge is 0.338 e. The third-order valence-corrected chi connectivity index (χ3v) is 4.54. The minimum atomic E-state index is -1.45. The van der Waals surface area contributed by atoms with Crippen molar-refractivity contribution in [1.29, 1.82) is 0 Å². The quantitative estimate of drug-likeness (QED) is 0.700. The van der Waals surface area contributed by atoms with Crippen molar-refractivity contribution in [3.05, 3.63) is 65.7 Å². The molecular formula is C21H22O8. The van der Waals surface area contributed by atoms with Gasteiger partial charge in [-0.15, -0.1) is 0 Å². The molecule has 0 spiro atoms. The Morgan fingerprint density at radius 1 is 0.966 bits per heavy atom. The van der Waals surface area contributed by atoms with Crippen molar-refractivity contribution in [3.63, 3.8) is 0 Å². The summed E-state index contributed by atoms with van der Waals surface area (Å²) in [6, 6.07) is 14.6. The Labute approximate surface area is 167 Å². The number of esters is 2. The monoisotopic (exact) mass is 402 g/mol. The number of hydrogen-bond acceptors (Lipinski definition) is 8. The third-order valence-electron chi connectivity index (χ3n) is 4.54. The number of carbonyl (C=O) groups is 2. The van der Waals surface area contributed by atoms with Crippen molar-refractivity contribution in [1.82, 2.24) is 0 Å². The summed E-state index contributed by atoms with van der Waals surface area (Å²) in [5.41, 5.74) is 0.599. The van der Waals surface area contributed by atoms with E-state index in [0.717, 1.165) is 0 Å². The molecule has 1 heterocycles. The normalized spacial score (nSPS) is 23.8. The van der Waals surface area contributed by atoms with E-state index < -0.39 is 43.1 Å². The fourth-order valence-corrected chi connectivity index (χ4v) is 2.95. The van der Waals surface area contributed by atoms with Gasteiger partial charge in [0.15, 0.2) is 12.4 Å². The molecule has 0 bridgehead atoms. The van der Waals surface area contributed by atoms with Gasteiger partial charge in [-0.05, 0) is 36.4 Å². The molecule has 1 aliphatic heterocycles. The lowest BCUT2D eigenvalue weighted by molar-refractivity contribution is -0.250. The van der Waals surface area contributed by atoms with Gasteiger partial charge in [-0.1, -0.05) is 18.2 Å². The topological polar surface area (TPSA) is 112 Å². The van der Waals surface area contributed by atoms with Crippen LogP contribution in [0.3, 0.4) is 0 Å². The van der Waals surface area contributed by atoms with E-state index in [-0.39, 0.29) is 12.0 Å². The van der Waals surface area contributed by atoms with Crippen LogP contribution in [0.2, 0.25) is 0 Å². The van der Waals surface area contributed by atoms with Gasteiger partial charge in [0.25, 0.3) is 0 Å². The molecule has 8 heteroatoms. The summed E-state index contributed by atoms with van der Waals surface area (Å²) in [6.45, 7) is -0.475. The molecule has 3 rings (SSSR count). The number of carbonyl (C=O) groups excluding carboxylic acids is 2. The van der Waals surface area contributed by atoms with Gasteiger partial charge in [-0.2, -0.15) is 0 Å². The predicted octanol–water partition coefficient (Wildman–Crippen LogP) is 1.55. The van der Waals surface area contributed by atoms with Crippen molar-refractivity contribution in [2.24, 2.45) is 0 Å². The average molecular weight is 402 g/mol. The lowest BCUT2D eigenvalue weighted by Gasteiger charge is -2.37. The van der Waals surface area contributed by atoms with Crippen LogP contribution in [0, 0.1) is 0 Å². The van der Waals surface area contributed by atoms with Crippen molar-refractivity contribution in [2.45, 2.75) is 31.0 Å². The van der Waals surface area contributed by atoms with Crippen LogP contribution in [0.1, 0.15) is 27.1 Å². The Bertz CT molecular complexity index is 820. The Balaban J connectivity index is 1.67. The van der Waals surface area contributed by atoms with Crippen molar-refractivity contribution in [2.75, 3.05) is 13.7 Å². The minimum absolute atomic E-state index is 0.0210. The highest BCUT2D eigenvalue weighted by molar-refractivity contribution is 5.90. The van der Waals surface area contributed by atoms with Gasteiger partial charge in [0.05, 0.1) is 24.8 Å². The van der Waals surface area contributed by atoms with Gasteiger partial charge in [-0.25, -0.2) is 9.59 Å². The number of benzene rings is 2. The van der Waals surface area contributed by atoms with Crippen LogP contribution in [0.25, 0.3) is 0 Å². The fraction of sp³-hybridized carbons (Fsp3) is 0.333. The molecule has 1 fully saturated rings. The second-order valence-corrected chi connectivity index (χ2v) is 6.47. The summed E-state index contributed by atoms with van der Waals surface area (Å²) in [5, 5.41) is 19.7. The van der Waals surface area contributed by atoms with Gasteiger partial charge in [0, 0.05) is 6.42 Å². The summed E-state index contributed by atoms with van der Waals surface area (Å²) in [4.78, 5) is 24.7. The standard InChI is InChI=1S/C21H22O8/c1-26-15-9-7-14(8-10-15)20(24)27-16-11-17(21(25)29-18(16)12-22)28-19(23)13-5-3-2-4-6-13/h2-10,16-18,21-22,25H,11-12H2,1H3/t16-,17+,18+,21+/m0/s1. The Morgan fingerprint density at radius 3 is 2.14 bits per heavy atom. The van der Waals surface area contributed by atoms with Crippen molar-refractivity contribution < 1.29 is 38.7 Å². The van der Waals surface area contributed by atoms with Crippen LogP contribution in [0.5, 0.6) is 5.75 Å². The van der Waals surface area contributed by atoms with E-state index in [1.165, 1.54) is 7.11 Å². The molecule has 1 aliphatic rings. The molecule has 0 aliphatic carbocycles. The molecule has 29 heavy (non-hydrogen) atoms. The minimum Gasteiger partial charge on any atom is -0.497 e. The molecule has 154 valence electrons. The van der Waals surface area contributed by atoms with E-state index in [9.17, 15) is 19.8 Å². The third kappa shape index (κ3) is 5.11. The number of ether oxygens (including phenoxy) is 4. The molecule has 8 nitrogen and oxygen atoms in total. The molecule has 0 saturated carbocycles. The molecule has 0 unspecified atom stereocenters. The number of methoxy groups -OCH3 is 1. The summed E-state index contributed by atoms with van der Waals surface area (Å²) in [5.74, 6) is -0.683. The van der Waals surface area contributed by atoms with E-state index in [0.29, 0.717) is 11.3 Å². The van der Waals surface area contributed by atoms with Crippen molar-refractivity contribution in [3.8, 4) is 5.75 Å². The van der Waals surface area contributed by atoms with Crippen LogP contribution in [-0.2, 0) is 14.2 Å². The molecule has 1 saturated heterocycles. The Kier molecular flexibility index (Phi) is 6.82. The van der Waals surface area contributed by atoms with E-state index in [2.05, 4.69) is 0 Å². The summed E-state index contributed by atoms with van der Waals surface area (Å²) in [6.07, 6.45) is -4.38. The highest BCUT2D eigenvalue weighted by Gasteiger charge is 2.41. The zero-order valence-corrected chi connectivity index (χ0v) is 15.8. The number of aliphatic hydroxyl groups excluding tert-OH is 2. The van der Waals surface area contributed by atoms with Crippen LogP contribution >= 0.6 is 0 Å². The average Bonchev–Trinajstić information content (AvgIpc) is 2.76. The Hall–Kier alpha value is -2.94. The second-order valence-electron chi connectivity index (χ2n) is 6.47. The number of aliphatic hydroxyl groups is 2. The first-order valence-electron chi connectivity index (χ1n) is 9.07. The van der Waals surface area contributed by atoms with Gasteiger partial charge in [0.1, 0.15) is 18.0 Å². The fourth-order valence-electron chi connectivity index (χ4n) is 2.95. The van der Waals surface area contributed by atoms with Gasteiger partial charge in [-0.3, -0.25) is 0 Å². The first-order chi connectivity index (χ1) is 14.0. The zero-order valence-electron chi connectivity index (χ0n) is 15.8. The molecule has 0 radical (unpaired) electrons. The first-order valence-corrected chi connectivity index (χ1v) is 9.07. The number of rotatable bonds is 6. The largest absolute Gasteiger partial charge is 0.497 e. The maximum Gasteiger partial charge on any atom is 0.338 e. The summed E-state index contributed by atoms with van der Waals surface area (Å²) >= 11 is 0. The van der Waals surface area contributed by atoms with Gasteiger partial charge >= 0.3 is 11.9 Å². The SMILES string of the molecule is COc1ccc(C(=O)O[C@H]2C[C@@H](OC(=O)c3ccccc3)[C@H](O)O[C@@H]2CO)cc1. The maximum absolute atomic E-state index is 12.4. The molecule has 0 amide bonds. The zero-order chi connectivity index (χ0) is 20.8. The first kappa shape index (κ1) is 20.8. The van der Waals surface area contributed by atoms with Gasteiger partial charge < -0.3 is 29.2 Å². The molecule has 2 aromatic rings. The molecular weight excluding hydrogens is 380 g/mol. The van der Waals surface area contributed by atoms with Crippen LogP contribution in [0.15, 0.2) is 54.6 Å². The van der Waals surface area contributed by atoms with E-state index in [1.54, 1.807) is 54.6 Å². The Morgan fingerprint density at radius 2 is 1.55 bits per heavy atom. The van der Waals surface area contributed by atoms with Crippen LogP contribution < -0.4 is 4.74 Å². The lowest BCUT2D eigenvalue weighted by Crippen LogP contribution is -2.51. The predicted molar refractivity (Wildman–Crippen MR) is 100 cm³/mol. The van der Waals surface area contributed by atoms with Gasteiger partial charge in [0.2, 0.25) is 0 Å². The van der Waals surface area contributed by atoms with E-state index in [4.69, 9.17) is 18.9 Å². The van der Waals surface area contributed by atoms with E-state index >= 15 is 0 Å². The maximum atomic E-state index is 12.4. The highest BCUT2D eigenvalue weighted by Crippen LogP contribution is 2.26. The van der Waals surface area contributed by atoms with Crippen molar-refractivity contribution >= 4 is 11.9 Å². The van der Waals surface area contributed by atoms with Crippen LogP contribution in [0.4, 0.5) is 0 Å². The molecule has 0 aromatic heterocycles. The highest BCUT2D eigenvalue weighted by atomic mass is 16.7.